The Morgan fingerprint density at radius 2 is 1.84 bits per heavy atom. The second kappa shape index (κ2) is 13.7. The first-order chi connectivity index (χ1) is 26.3. The number of amides is 1. The number of rotatable bonds is 9. The first-order valence-electron chi connectivity index (χ1n) is 18.7. The number of nitrogens with zero attached hydrogens (tertiary/aromatic N) is 7. The van der Waals surface area contributed by atoms with Gasteiger partial charge >= 0.3 is 12.1 Å². The van der Waals surface area contributed by atoms with Crippen LogP contribution in [0.4, 0.5) is 19.4 Å². The Morgan fingerprint density at radius 1 is 1.09 bits per heavy atom. The lowest BCUT2D eigenvalue weighted by atomic mass is 9.95. The molecule has 1 N–H and O–H groups in total. The highest BCUT2D eigenvalue weighted by molar-refractivity contribution is 6.04. The van der Waals surface area contributed by atoms with Crippen molar-refractivity contribution in [2.75, 3.05) is 51.3 Å². The average molecular weight is 752 g/mol. The molecular formula is C41H43F2N7O5. The molecular weight excluding hydrogens is 708 g/mol. The Labute approximate surface area is 318 Å². The van der Waals surface area contributed by atoms with Gasteiger partial charge in [0.25, 0.3) is 0 Å². The van der Waals surface area contributed by atoms with E-state index in [1.165, 1.54) is 37.8 Å². The molecule has 2 aromatic carbocycles. The van der Waals surface area contributed by atoms with Crippen LogP contribution in [-0.2, 0) is 4.74 Å². The van der Waals surface area contributed by atoms with Crippen molar-refractivity contribution >= 4 is 33.6 Å². The molecule has 4 aromatic rings. The van der Waals surface area contributed by atoms with Crippen molar-refractivity contribution in [2.24, 2.45) is 11.3 Å². The van der Waals surface area contributed by atoms with E-state index in [2.05, 4.69) is 27.7 Å². The molecule has 55 heavy (non-hydrogen) atoms. The molecule has 2 aromatic heterocycles. The minimum Gasteiger partial charge on any atom is -0.508 e. The Bertz CT molecular complexity index is 2290. The molecule has 1 aliphatic carbocycles. The summed E-state index contributed by atoms with van der Waals surface area (Å²) < 4.78 is 50.1. The lowest BCUT2D eigenvalue weighted by Gasteiger charge is -2.41. The number of carbonyl (C=O) groups excluding carboxylic acids is 1. The number of likely N-dealkylation sites (tertiary alicyclic amines) is 1. The Morgan fingerprint density at radius 3 is 2.47 bits per heavy atom. The Kier molecular flexibility index (Phi) is 9.08. The van der Waals surface area contributed by atoms with E-state index < -0.39 is 23.3 Å². The minimum atomic E-state index is -1.30. The van der Waals surface area contributed by atoms with Crippen LogP contribution in [0, 0.1) is 46.6 Å². The third-order valence-corrected chi connectivity index (χ3v) is 11.5. The van der Waals surface area contributed by atoms with E-state index in [1.54, 1.807) is 18.7 Å². The number of carbonyl (C=O) groups is 1. The second-order valence-corrected chi connectivity index (χ2v) is 16.1. The van der Waals surface area contributed by atoms with E-state index in [-0.39, 0.29) is 68.2 Å². The van der Waals surface area contributed by atoms with Crippen LogP contribution in [0.3, 0.4) is 0 Å². The van der Waals surface area contributed by atoms with Crippen LogP contribution in [-0.4, -0.2) is 100 Å². The summed E-state index contributed by atoms with van der Waals surface area (Å²) in [5.41, 5.74) is -1.79. The third kappa shape index (κ3) is 6.67. The number of ether oxygens (including phenoxy) is 3. The number of anilines is 1. The summed E-state index contributed by atoms with van der Waals surface area (Å²) in [5.74, 6) is 1.61. The van der Waals surface area contributed by atoms with Crippen LogP contribution in [0.1, 0.15) is 58.4 Å². The van der Waals surface area contributed by atoms with Crippen LogP contribution in [0.15, 0.2) is 24.3 Å². The molecule has 0 radical (unpaired) electrons. The highest BCUT2D eigenvalue weighted by Crippen LogP contribution is 2.48. The summed E-state index contributed by atoms with van der Waals surface area (Å²) in [7, 11) is 1.40. The maximum Gasteiger partial charge on any atom is 0.411 e. The first-order valence-corrected chi connectivity index (χ1v) is 18.7. The van der Waals surface area contributed by atoms with Crippen molar-refractivity contribution in [1.82, 2.24) is 24.8 Å². The summed E-state index contributed by atoms with van der Waals surface area (Å²) >= 11 is 0. The summed E-state index contributed by atoms with van der Waals surface area (Å²) in [6.45, 7) is 9.34. The fraction of sp³-hybridized carbons (Fsp3) is 0.488. The van der Waals surface area contributed by atoms with Crippen molar-refractivity contribution in [1.29, 1.82) is 5.26 Å². The number of phenolic OH excluding ortho intramolecular Hbond substituents is 1. The number of terminal acetylenes is 1. The number of fused-ring (bicyclic) bond motifs is 4. The predicted molar refractivity (Wildman–Crippen MR) is 201 cm³/mol. The number of halogens is 2. The molecule has 3 unspecified atom stereocenters. The van der Waals surface area contributed by atoms with Gasteiger partial charge in [-0.3, -0.25) is 4.90 Å². The number of piperazine rings is 1. The molecule has 12 nitrogen and oxygen atoms in total. The summed E-state index contributed by atoms with van der Waals surface area (Å²) in [5, 5.41) is 21.0. The number of hydrogen-bond acceptors (Lipinski definition) is 11. The van der Waals surface area contributed by atoms with Crippen LogP contribution in [0.5, 0.6) is 17.6 Å². The van der Waals surface area contributed by atoms with Crippen molar-refractivity contribution in [3.8, 4) is 47.3 Å². The Balaban J connectivity index is 1.23. The smallest absolute Gasteiger partial charge is 0.411 e. The van der Waals surface area contributed by atoms with Gasteiger partial charge in [0.2, 0.25) is 5.88 Å². The SMILES string of the molecule is C#Cc1c(F)ccc2cc(O)cc(-c3nc(OC)c4c(N5CC6CCC(C5)N6C(=O)OC(C)(C)C#N)nc(OCC5(CN6CCC(C)C6)CC5)nc4c3F)c12. The molecule has 3 aliphatic heterocycles. The molecule has 4 aliphatic rings. The van der Waals surface area contributed by atoms with Crippen molar-refractivity contribution in [2.45, 2.75) is 70.6 Å². The van der Waals surface area contributed by atoms with Gasteiger partial charge < -0.3 is 29.1 Å². The number of methoxy groups -OCH3 is 1. The quantitative estimate of drug-likeness (QED) is 0.190. The highest BCUT2D eigenvalue weighted by Gasteiger charge is 2.47. The van der Waals surface area contributed by atoms with Gasteiger partial charge in [-0.25, -0.2) is 18.6 Å². The normalized spacial score (nSPS) is 21.8. The number of hydrogen-bond donors (Lipinski definition) is 1. The van der Waals surface area contributed by atoms with Crippen molar-refractivity contribution in [3.63, 3.8) is 0 Å². The van der Waals surface area contributed by atoms with Gasteiger partial charge in [0.1, 0.15) is 40.1 Å². The molecule has 1 amide bonds. The lowest BCUT2D eigenvalue weighted by molar-refractivity contribution is 0.0298. The van der Waals surface area contributed by atoms with Gasteiger partial charge in [-0.1, -0.05) is 18.9 Å². The molecule has 0 spiro atoms. The molecule has 286 valence electrons. The van der Waals surface area contributed by atoms with Gasteiger partial charge in [0.05, 0.1) is 31.4 Å². The number of pyridine rings is 1. The number of aromatic hydroxyl groups is 1. The minimum absolute atomic E-state index is 0.00474. The topological polar surface area (TPSA) is 137 Å². The predicted octanol–water partition coefficient (Wildman–Crippen LogP) is 6.41. The summed E-state index contributed by atoms with van der Waals surface area (Å²) in [6.07, 6.45) is 9.74. The highest BCUT2D eigenvalue weighted by atomic mass is 19.1. The molecule has 1 saturated carbocycles. The number of nitriles is 1. The molecule has 3 saturated heterocycles. The molecule has 8 rings (SSSR count). The summed E-state index contributed by atoms with van der Waals surface area (Å²) in [6, 6.07) is 6.81. The molecule has 2 bridgehead atoms. The van der Waals surface area contributed by atoms with Crippen LogP contribution in [0.25, 0.3) is 32.9 Å². The lowest BCUT2D eigenvalue weighted by Crippen LogP contribution is -2.57. The number of phenols is 1. The molecule has 4 fully saturated rings. The third-order valence-electron chi connectivity index (χ3n) is 11.5. The van der Waals surface area contributed by atoms with Crippen LogP contribution < -0.4 is 14.4 Å². The van der Waals surface area contributed by atoms with Gasteiger partial charge in [0, 0.05) is 42.5 Å². The second-order valence-electron chi connectivity index (χ2n) is 16.1. The number of aromatic nitrogens is 3. The summed E-state index contributed by atoms with van der Waals surface area (Å²) in [4.78, 5) is 33.6. The molecule has 5 heterocycles. The van der Waals surface area contributed by atoms with E-state index in [0.717, 1.165) is 32.5 Å². The van der Waals surface area contributed by atoms with E-state index in [9.17, 15) is 15.2 Å². The van der Waals surface area contributed by atoms with Crippen molar-refractivity contribution in [3.05, 3.63) is 41.5 Å². The van der Waals surface area contributed by atoms with E-state index in [1.807, 2.05) is 11.0 Å². The van der Waals surface area contributed by atoms with Crippen LogP contribution in [0.2, 0.25) is 0 Å². The van der Waals surface area contributed by atoms with E-state index in [0.29, 0.717) is 49.7 Å². The fourth-order valence-corrected chi connectivity index (χ4v) is 8.53. The standard InChI is InChI=1S/C41H43F2N7O5/c1-6-28-30(42)10-7-24-15-27(51)16-29(31(24)28)34-33(43)35-32(37(45-34)53-5)36(47-38(46-35)54-22-41(12-13-41)21-48-14-11-23(2)17-48)49-18-25-8-9-26(19-49)50(25)39(52)55-40(3,4)20-44/h1,7,10,15-16,23,25-26,51H,8-9,11-14,17-19,21-22H2,2-5H3. The van der Waals surface area contributed by atoms with Gasteiger partial charge in [-0.2, -0.15) is 15.2 Å². The van der Waals surface area contributed by atoms with Crippen LogP contribution >= 0.6 is 0 Å². The van der Waals surface area contributed by atoms with E-state index in [4.69, 9.17) is 25.6 Å². The zero-order chi connectivity index (χ0) is 38.8. The molecule has 14 heteroatoms. The molecule has 3 atom stereocenters. The fourth-order valence-electron chi connectivity index (χ4n) is 8.53. The van der Waals surface area contributed by atoms with Crippen molar-refractivity contribution < 1.29 is 32.9 Å². The first kappa shape index (κ1) is 36.5. The van der Waals surface area contributed by atoms with Gasteiger partial charge in [-0.05, 0) is 82.0 Å². The average Bonchev–Trinajstić information content (AvgIpc) is 3.72. The monoisotopic (exact) mass is 751 g/mol. The van der Waals surface area contributed by atoms with E-state index >= 15 is 8.78 Å². The zero-order valence-electron chi connectivity index (χ0n) is 31.4. The maximum atomic E-state index is 17.3. The van der Waals surface area contributed by atoms with Gasteiger partial charge in [-0.15, -0.1) is 6.42 Å². The largest absolute Gasteiger partial charge is 0.508 e. The Hall–Kier alpha value is -5.47. The zero-order valence-corrected chi connectivity index (χ0v) is 31.4. The maximum absolute atomic E-state index is 17.3. The number of benzene rings is 2. The van der Waals surface area contributed by atoms with Gasteiger partial charge in [0.15, 0.2) is 11.4 Å².